The van der Waals surface area contributed by atoms with E-state index < -0.39 is 15.7 Å². The topological polar surface area (TPSA) is 107 Å². The lowest BCUT2D eigenvalue weighted by atomic mass is 10.1. The Morgan fingerprint density at radius 1 is 1.24 bits per heavy atom. The Morgan fingerprint density at radius 3 is 2.70 bits per heavy atom. The van der Waals surface area contributed by atoms with Crippen molar-refractivity contribution in [3.63, 3.8) is 0 Å². The molecule has 1 saturated heterocycles. The van der Waals surface area contributed by atoms with E-state index in [2.05, 4.69) is 15.3 Å². The van der Waals surface area contributed by atoms with Crippen molar-refractivity contribution < 1.29 is 22.0 Å². The van der Waals surface area contributed by atoms with Crippen molar-refractivity contribution in [2.45, 2.75) is 25.9 Å². The largest absolute Gasteiger partial charge is 0.467 e. The average Bonchev–Trinajstić information content (AvgIpc) is 3.50. The van der Waals surface area contributed by atoms with Crippen LogP contribution in [0.2, 0.25) is 0 Å². The zero-order valence-corrected chi connectivity index (χ0v) is 18.6. The van der Waals surface area contributed by atoms with Crippen LogP contribution in [0.25, 0.3) is 22.3 Å². The molecule has 1 amide bonds. The number of imidazole rings is 1. The highest BCUT2D eigenvalue weighted by molar-refractivity contribution is 7.91. The molecule has 0 saturated carbocycles. The van der Waals surface area contributed by atoms with Gasteiger partial charge in [-0.05, 0) is 55.8 Å². The van der Waals surface area contributed by atoms with Crippen molar-refractivity contribution in [3.8, 4) is 11.3 Å². The van der Waals surface area contributed by atoms with E-state index in [0.717, 1.165) is 0 Å². The number of rotatable bonds is 5. The van der Waals surface area contributed by atoms with Crippen LogP contribution in [0, 0.1) is 12.7 Å². The van der Waals surface area contributed by atoms with Crippen LogP contribution in [0.4, 0.5) is 4.39 Å². The highest BCUT2D eigenvalue weighted by Crippen LogP contribution is 2.32. The first-order valence-corrected chi connectivity index (χ1v) is 12.3. The van der Waals surface area contributed by atoms with Crippen molar-refractivity contribution in [3.05, 3.63) is 71.8 Å². The molecule has 1 fully saturated rings. The normalized spacial score (nSPS) is 17.5. The van der Waals surface area contributed by atoms with Crippen LogP contribution in [-0.2, 0) is 16.4 Å². The van der Waals surface area contributed by atoms with Crippen LogP contribution in [0.3, 0.4) is 0 Å². The number of fused-ring (bicyclic) bond motifs is 1. The number of aryl methyl sites for hydroxylation is 1. The van der Waals surface area contributed by atoms with Gasteiger partial charge in [-0.25, -0.2) is 22.8 Å². The van der Waals surface area contributed by atoms with Gasteiger partial charge in [0.25, 0.3) is 5.91 Å². The summed E-state index contributed by atoms with van der Waals surface area (Å²) in [6, 6.07) is 10.8. The molecule has 1 aliphatic rings. The van der Waals surface area contributed by atoms with Gasteiger partial charge in [-0.3, -0.25) is 4.79 Å². The van der Waals surface area contributed by atoms with E-state index in [1.807, 2.05) is 4.57 Å². The van der Waals surface area contributed by atoms with Gasteiger partial charge in [-0.2, -0.15) is 0 Å². The monoisotopic (exact) mass is 468 g/mol. The number of nitrogens with zero attached hydrogens (tertiary/aromatic N) is 3. The van der Waals surface area contributed by atoms with Crippen molar-refractivity contribution in [1.29, 1.82) is 0 Å². The fourth-order valence-electron chi connectivity index (χ4n) is 4.24. The van der Waals surface area contributed by atoms with E-state index in [0.29, 0.717) is 40.3 Å². The summed E-state index contributed by atoms with van der Waals surface area (Å²) in [6.45, 7) is 1.96. The molecule has 33 heavy (non-hydrogen) atoms. The van der Waals surface area contributed by atoms with Crippen molar-refractivity contribution in [2.75, 3.05) is 11.5 Å². The molecule has 0 radical (unpaired) electrons. The van der Waals surface area contributed by atoms with Gasteiger partial charge in [0.05, 0.1) is 41.6 Å². The van der Waals surface area contributed by atoms with Crippen LogP contribution in [0.1, 0.15) is 34.5 Å². The van der Waals surface area contributed by atoms with E-state index in [-0.39, 0.29) is 35.6 Å². The van der Waals surface area contributed by atoms with Crippen LogP contribution in [-0.4, -0.2) is 40.4 Å². The molecule has 1 aromatic carbocycles. The maximum absolute atomic E-state index is 13.5. The molecule has 5 rings (SSSR count). The highest BCUT2D eigenvalue weighted by Gasteiger charge is 2.32. The van der Waals surface area contributed by atoms with Crippen LogP contribution >= 0.6 is 0 Å². The number of hydrogen-bond acceptors (Lipinski definition) is 6. The number of pyridine rings is 1. The molecule has 10 heteroatoms. The van der Waals surface area contributed by atoms with Crippen molar-refractivity contribution in [1.82, 2.24) is 19.9 Å². The van der Waals surface area contributed by atoms with Gasteiger partial charge in [-0.15, -0.1) is 0 Å². The van der Waals surface area contributed by atoms with Gasteiger partial charge in [0.1, 0.15) is 22.9 Å². The summed E-state index contributed by atoms with van der Waals surface area (Å²) in [5, 5.41) is 2.79. The summed E-state index contributed by atoms with van der Waals surface area (Å²) in [5.41, 5.74) is 2.21. The molecule has 1 unspecified atom stereocenters. The summed E-state index contributed by atoms with van der Waals surface area (Å²) in [7, 11) is -3.13. The standard InChI is InChI=1S/C23H21FN4O4S/c1-14-26-21-20(28(14)17-8-10-33(30,31)13-17)11-19(15-4-6-16(24)7-5-15)27-22(21)23(29)25-12-18-3-2-9-32-18/h2-7,9,11,17H,8,10,12-13H2,1H3,(H,25,29). The quantitative estimate of drug-likeness (QED) is 0.481. The van der Waals surface area contributed by atoms with E-state index in [1.165, 1.54) is 18.4 Å². The summed E-state index contributed by atoms with van der Waals surface area (Å²) in [6.07, 6.45) is 2.00. The van der Waals surface area contributed by atoms with Crippen molar-refractivity contribution in [2.24, 2.45) is 0 Å². The lowest BCUT2D eigenvalue weighted by Gasteiger charge is -2.14. The third-order valence-corrected chi connectivity index (χ3v) is 7.54. The van der Waals surface area contributed by atoms with E-state index in [9.17, 15) is 17.6 Å². The van der Waals surface area contributed by atoms with Gasteiger partial charge < -0.3 is 14.3 Å². The molecule has 0 spiro atoms. The lowest BCUT2D eigenvalue weighted by Crippen LogP contribution is -2.24. The second-order valence-corrected chi connectivity index (χ2v) is 10.3. The van der Waals surface area contributed by atoms with Gasteiger partial charge in [0.2, 0.25) is 0 Å². The fraction of sp³-hybridized carbons (Fsp3) is 0.261. The van der Waals surface area contributed by atoms with Gasteiger partial charge >= 0.3 is 0 Å². The number of aromatic nitrogens is 3. The zero-order valence-electron chi connectivity index (χ0n) is 17.8. The van der Waals surface area contributed by atoms with Crippen LogP contribution in [0.15, 0.2) is 53.1 Å². The molecule has 0 bridgehead atoms. The lowest BCUT2D eigenvalue weighted by molar-refractivity contribution is 0.0945. The second kappa shape index (κ2) is 8.11. The van der Waals surface area contributed by atoms with Crippen molar-refractivity contribution >= 4 is 26.8 Å². The van der Waals surface area contributed by atoms with Crippen LogP contribution in [0.5, 0.6) is 0 Å². The summed E-state index contributed by atoms with van der Waals surface area (Å²) in [5.74, 6) is 0.506. The molecule has 0 aliphatic carbocycles. The second-order valence-electron chi connectivity index (χ2n) is 8.08. The number of amides is 1. The molecule has 8 nitrogen and oxygen atoms in total. The minimum absolute atomic E-state index is 0.0214. The smallest absolute Gasteiger partial charge is 0.272 e. The summed E-state index contributed by atoms with van der Waals surface area (Å²) in [4.78, 5) is 22.2. The average molecular weight is 469 g/mol. The predicted molar refractivity (Wildman–Crippen MR) is 120 cm³/mol. The first-order valence-electron chi connectivity index (χ1n) is 10.5. The SMILES string of the molecule is Cc1nc2c(C(=O)NCc3ccco3)nc(-c3ccc(F)cc3)cc2n1C1CCS(=O)(=O)C1. The number of halogens is 1. The number of benzene rings is 1. The van der Waals surface area contributed by atoms with E-state index in [4.69, 9.17) is 4.42 Å². The maximum atomic E-state index is 13.5. The molecule has 170 valence electrons. The minimum atomic E-state index is -3.13. The molecular formula is C23H21FN4O4S. The highest BCUT2D eigenvalue weighted by atomic mass is 32.2. The molecular weight excluding hydrogens is 447 g/mol. The number of nitrogens with one attached hydrogen (secondary N) is 1. The maximum Gasteiger partial charge on any atom is 0.272 e. The Labute approximate surface area is 189 Å². The number of hydrogen-bond donors (Lipinski definition) is 1. The third kappa shape index (κ3) is 4.13. The summed E-state index contributed by atoms with van der Waals surface area (Å²) >= 11 is 0. The number of carbonyl (C=O) groups excluding carboxylic acids is 1. The Morgan fingerprint density at radius 2 is 2.03 bits per heavy atom. The third-order valence-electron chi connectivity index (χ3n) is 5.79. The Balaban J connectivity index is 1.63. The fourth-order valence-corrected chi connectivity index (χ4v) is 5.94. The first-order chi connectivity index (χ1) is 15.8. The zero-order chi connectivity index (χ0) is 23.2. The van der Waals surface area contributed by atoms with Gasteiger partial charge in [-0.1, -0.05) is 0 Å². The molecule has 1 aliphatic heterocycles. The molecule has 1 atom stereocenters. The molecule has 4 heterocycles. The van der Waals surface area contributed by atoms with Gasteiger partial charge in [0.15, 0.2) is 15.5 Å². The van der Waals surface area contributed by atoms with E-state index >= 15 is 0 Å². The molecule has 4 aromatic rings. The first kappa shape index (κ1) is 21.3. The van der Waals surface area contributed by atoms with Crippen LogP contribution < -0.4 is 5.32 Å². The Bertz CT molecular complexity index is 1440. The molecule has 1 N–H and O–H groups in total. The number of carbonyl (C=O) groups is 1. The number of sulfone groups is 1. The predicted octanol–water partition coefficient (Wildman–Crippen LogP) is 3.43. The Hall–Kier alpha value is -3.53. The molecule has 3 aromatic heterocycles. The minimum Gasteiger partial charge on any atom is -0.467 e. The van der Waals surface area contributed by atoms with Gasteiger partial charge in [0, 0.05) is 5.56 Å². The summed E-state index contributed by atoms with van der Waals surface area (Å²) < 4.78 is 44.9. The Kier molecular flexibility index (Phi) is 5.24. The van der Waals surface area contributed by atoms with E-state index in [1.54, 1.807) is 37.3 Å². The number of furan rings is 1.